The van der Waals surface area contributed by atoms with Crippen molar-refractivity contribution >= 4 is 64.6 Å². The van der Waals surface area contributed by atoms with Crippen molar-refractivity contribution in [2.45, 2.75) is 12.0 Å². The van der Waals surface area contributed by atoms with Gasteiger partial charge in [0.05, 0.1) is 5.92 Å². The molecule has 4 heterocycles. The maximum atomic E-state index is 6.61. The molecule has 0 fully saturated rings. The molecule has 1 aliphatic carbocycles. The minimum absolute atomic E-state index is 0.120. The normalized spacial score (nSPS) is 16.6. The second-order valence-corrected chi connectivity index (χ2v) is 14.1. The van der Waals surface area contributed by atoms with E-state index in [4.69, 9.17) is 24.1 Å². The number of furan rings is 1. The number of thiophene rings is 1. The third-order valence-corrected chi connectivity index (χ3v) is 11.3. The van der Waals surface area contributed by atoms with Crippen LogP contribution >= 0.6 is 11.3 Å². The topological polar surface area (TPSA) is 61.0 Å². The molecule has 1 aliphatic heterocycles. The molecule has 3 aromatic heterocycles. The van der Waals surface area contributed by atoms with Crippen molar-refractivity contribution in [3.05, 3.63) is 169 Å². The van der Waals surface area contributed by atoms with E-state index in [1.54, 1.807) is 0 Å². The van der Waals surface area contributed by atoms with Gasteiger partial charge in [-0.05, 0) is 47.5 Å². The first kappa shape index (κ1) is 28.5. The molecule has 0 saturated heterocycles. The lowest BCUT2D eigenvalue weighted by molar-refractivity contribution is 0.271. The fraction of sp³-hybridized carbons (Fsp3) is 0.0444. The zero-order chi connectivity index (χ0) is 33.5. The van der Waals surface area contributed by atoms with Crippen LogP contribution in [0.3, 0.4) is 0 Å². The first-order valence-electron chi connectivity index (χ1n) is 17.1. The smallest absolute Gasteiger partial charge is 0.164 e. The number of benzene rings is 6. The summed E-state index contributed by atoms with van der Waals surface area (Å²) in [6.45, 7) is 0. The van der Waals surface area contributed by atoms with Crippen LogP contribution in [-0.4, -0.2) is 21.1 Å². The van der Waals surface area contributed by atoms with Crippen molar-refractivity contribution in [2.24, 2.45) is 0 Å². The molecular formula is C45H27N3O2S. The average molecular weight is 674 g/mol. The number of hydrogen-bond acceptors (Lipinski definition) is 6. The summed E-state index contributed by atoms with van der Waals surface area (Å²) < 4.78 is 15.4. The first-order chi connectivity index (χ1) is 25.3. The molecule has 0 bridgehead atoms. The molecule has 2 unspecified atom stereocenters. The van der Waals surface area contributed by atoms with E-state index in [9.17, 15) is 0 Å². The number of rotatable bonds is 4. The van der Waals surface area contributed by atoms with Gasteiger partial charge in [0, 0.05) is 53.2 Å². The Balaban J connectivity index is 1.25. The summed E-state index contributed by atoms with van der Waals surface area (Å²) in [4.78, 5) is 15.9. The molecule has 0 N–H and O–H groups in total. The first-order valence-corrected chi connectivity index (χ1v) is 17.9. The molecule has 6 heteroatoms. The number of aromatic nitrogens is 3. The fourth-order valence-electron chi connectivity index (χ4n) is 7.94. The molecule has 2 atom stereocenters. The van der Waals surface area contributed by atoms with Gasteiger partial charge in [0.1, 0.15) is 23.0 Å². The van der Waals surface area contributed by atoms with Crippen LogP contribution in [0.1, 0.15) is 22.9 Å². The standard InChI is InChI=1S/C45H27N3O2S/c1-2-12-26(13-3-1)43-46-44(32-18-10-21-35-39(32)29-14-4-7-19-33(29)49-35)48-45(47-43)42-28(24-25-36-41(42)30-15-5-8-20-34(30)50-36)27-17-11-23-38-40(27)31-16-6-9-22-37(31)51-38/h1-25,36,41H. The van der Waals surface area contributed by atoms with Crippen LogP contribution in [0.2, 0.25) is 0 Å². The predicted molar refractivity (Wildman–Crippen MR) is 207 cm³/mol. The predicted octanol–water partition coefficient (Wildman–Crippen LogP) is 11.5. The van der Waals surface area contributed by atoms with Gasteiger partial charge in [0.25, 0.3) is 0 Å². The zero-order valence-corrected chi connectivity index (χ0v) is 28.0. The molecule has 0 spiro atoms. The van der Waals surface area contributed by atoms with Gasteiger partial charge < -0.3 is 9.15 Å². The van der Waals surface area contributed by atoms with E-state index in [2.05, 4.69) is 97.1 Å². The van der Waals surface area contributed by atoms with Crippen molar-refractivity contribution in [2.75, 3.05) is 0 Å². The largest absolute Gasteiger partial charge is 0.485 e. The Bertz CT molecular complexity index is 2920. The summed E-state index contributed by atoms with van der Waals surface area (Å²) in [5.74, 6) is 2.62. The van der Waals surface area contributed by atoms with Crippen molar-refractivity contribution < 1.29 is 9.15 Å². The number of allylic oxidation sites excluding steroid dienone is 2. The van der Waals surface area contributed by atoms with Gasteiger partial charge in [-0.3, -0.25) is 0 Å². The number of hydrogen-bond donors (Lipinski definition) is 0. The average Bonchev–Trinajstić information content (AvgIpc) is 3.89. The van der Waals surface area contributed by atoms with E-state index in [-0.39, 0.29) is 12.0 Å². The highest BCUT2D eigenvalue weighted by atomic mass is 32.1. The fourth-order valence-corrected chi connectivity index (χ4v) is 9.07. The molecule has 2 aliphatic rings. The highest BCUT2D eigenvalue weighted by molar-refractivity contribution is 7.25. The summed E-state index contributed by atoms with van der Waals surface area (Å²) in [6.07, 6.45) is 4.23. The lowest BCUT2D eigenvalue weighted by Gasteiger charge is -2.26. The second-order valence-electron chi connectivity index (χ2n) is 13.0. The van der Waals surface area contributed by atoms with Crippen LogP contribution in [0, 0.1) is 0 Å². The van der Waals surface area contributed by atoms with Crippen LogP contribution in [-0.2, 0) is 0 Å². The van der Waals surface area contributed by atoms with Gasteiger partial charge in [-0.25, -0.2) is 15.0 Å². The molecule has 0 amide bonds. The number of nitrogens with zero attached hydrogens (tertiary/aromatic N) is 3. The van der Waals surface area contributed by atoms with E-state index in [1.807, 2.05) is 65.9 Å². The van der Waals surface area contributed by atoms with Gasteiger partial charge in [-0.1, -0.05) is 115 Å². The molecule has 240 valence electrons. The SMILES string of the molecule is C1=CC2Oc3ccccc3C2C(c2nc(-c3ccccc3)nc(-c3cccc4oc5ccccc5c34)n2)=C1c1cccc2sc3ccccc3c12. The van der Waals surface area contributed by atoms with Crippen LogP contribution in [0.15, 0.2) is 156 Å². The lowest BCUT2D eigenvalue weighted by Crippen LogP contribution is -2.22. The summed E-state index contributed by atoms with van der Waals surface area (Å²) in [5, 5.41) is 4.51. The Morgan fingerprint density at radius 3 is 2.18 bits per heavy atom. The van der Waals surface area contributed by atoms with Crippen molar-refractivity contribution in [1.82, 2.24) is 15.0 Å². The minimum Gasteiger partial charge on any atom is -0.485 e. The lowest BCUT2D eigenvalue weighted by atomic mass is 9.78. The van der Waals surface area contributed by atoms with Gasteiger partial charge >= 0.3 is 0 Å². The molecule has 0 radical (unpaired) electrons. The number of fused-ring (bicyclic) bond motifs is 9. The molecule has 5 nitrogen and oxygen atoms in total. The molecular weight excluding hydrogens is 647 g/mol. The third-order valence-electron chi connectivity index (χ3n) is 10.1. The van der Waals surface area contributed by atoms with Crippen LogP contribution in [0.4, 0.5) is 0 Å². The maximum Gasteiger partial charge on any atom is 0.164 e. The Labute approximate surface area is 296 Å². The highest BCUT2D eigenvalue weighted by Gasteiger charge is 2.41. The number of para-hydroxylation sites is 2. The van der Waals surface area contributed by atoms with Crippen molar-refractivity contribution in [1.29, 1.82) is 0 Å². The van der Waals surface area contributed by atoms with Crippen LogP contribution in [0.25, 0.3) is 76.0 Å². The minimum atomic E-state index is -0.193. The summed E-state index contributed by atoms with van der Waals surface area (Å²) >= 11 is 1.83. The Hall–Kier alpha value is -6.37. The maximum absolute atomic E-state index is 6.61. The molecule has 11 rings (SSSR count). The van der Waals surface area contributed by atoms with Gasteiger partial charge in [-0.2, -0.15) is 0 Å². The van der Waals surface area contributed by atoms with Crippen LogP contribution < -0.4 is 4.74 Å². The van der Waals surface area contributed by atoms with Gasteiger partial charge in [0.2, 0.25) is 0 Å². The number of ether oxygens (including phenoxy) is 1. The Morgan fingerprint density at radius 1 is 0.529 bits per heavy atom. The summed E-state index contributed by atoms with van der Waals surface area (Å²) in [7, 11) is 0. The van der Waals surface area contributed by atoms with E-state index in [0.717, 1.165) is 61.1 Å². The van der Waals surface area contributed by atoms with E-state index >= 15 is 0 Å². The zero-order valence-electron chi connectivity index (χ0n) is 27.2. The molecule has 0 saturated carbocycles. The van der Waals surface area contributed by atoms with Gasteiger partial charge in [-0.15, -0.1) is 11.3 Å². The Kier molecular flexibility index (Phi) is 6.18. The van der Waals surface area contributed by atoms with E-state index in [0.29, 0.717) is 17.5 Å². The third kappa shape index (κ3) is 4.36. The van der Waals surface area contributed by atoms with Crippen molar-refractivity contribution in [3.63, 3.8) is 0 Å². The highest BCUT2D eigenvalue weighted by Crippen LogP contribution is 2.52. The molecule has 9 aromatic rings. The Morgan fingerprint density at radius 2 is 1.24 bits per heavy atom. The summed E-state index contributed by atoms with van der Waals surface area (Å²) in [5.41, 5.74) is 7.86. The van der Waals surface area contributed by atoms with E-state index < -0.39 is 0 Å². The van der Waals surface area contributed by atoms with Crippen LogP contribution in [0.5, 0.6) is 5.75 Å². The van der Waals surface area contributed by atoms with E-state index in [1.165, 1.54) is 20.2 Å². The monoisotopic (exact) mass is 673 g/mol. The molecule has 6 aromatic carbocycles. The molecule has 51 heavy (non-hydrogen) atoms. The quantitative estimate of drug-likeness (QED) is 0.186. The van der Waals surface area contributed by atoms with Gasteiger partial charge in [0.15, 0.2) is 17.5 Å². The van der Waals surface area contributed by atoms with Crippen molar-refractivity contribution in [3.8, 4) is 28.5 Å². The summed E-state index contributed by atoms with van der Waals surface area (Å²) in [6, 6.07) is 48.1. The second kappa shape index (κ2) is 11.1.